The van der Waals surface area contributed by atoms with Gasteiger partial charge in [-0.15, -0.1) is 0 Å². The molecule has 0 aliphatic heterocycles. The van der Waals surface area contributed by atoms with Crippen molar-refractivity contribution in [1.29, 1.82) is 0 Å². The van der Waals surface area contributed by atoms with Crippen LogP contribution in [0.4, 0.5) is 0 Å². The van der Waals surface area contributed by atoms with E-state index < -0.39 is 6.10 Å². The predicted octanol–water partition coefficient (Wildman–Crippen LogP) is 15.5. The van der Waals surface area contributed by atoms with Crippen molar-refractivity contribution in [3.63, 3.8) is 0 Å². The highest BCUT2D eigenvalue weighted by atomic mass is 16.6. The second kappa shape index (κ2) is 46.5. The molecule has 0 rings (SSSR count). The summed E-state index contributed by atoms with van der Waals surface area (Å²) in [6.45, 7) is 6.42. The van der Waals surface area contributed by atoms with E-state index in [0.29, 0.717) is 19.3 Å². The lowest BCUT2D eigenvalue weighted by Crippen LogP contribution is -2.30. The van der Waals surface area contributed by atoms with Gasteiger partial charge in [0.2, 0.25) is 0 Å². The number of ether oxygens (including phenoxy) is 3. The van der Waals surface area contributed by atoms with Gasteiger partial charge in [-0.05, 0) is 89.9 Å². The molecule has 0 amide bonds. The zero-order valence-corrected chi connectivity index (χ0v) is 37.8. The van der Waals surface area contributed by atoms with Crippen LogP contribution in [0.2, 0.25) is 0 Å². The number of unbranched alkanes of at least 4 members (excludes halogenated alkanes) is 19. The Morgan fingerprint density at radius 3 is 1.12 bits per heavy atom. The number of carbonyl (C=O) groups excluding carboxylic acids is 3. The summed E-state index contributed by atoms with van der Waals surface area (Å²) >= 11 is 0. The molecule has 0 saturated carbocycles. The van der Waals surface area contributed by atoms with E-state index in [1.54, 1.807) is 0 Å². The number of allylic oxidation sites excluding steroid dienone is 12. The second-order valence-electron chi connectivity index (χ2n) is 15.6. The standard InChI is InChI=1S/C52H88O6/c1-4-7-10-13-16-19-22-24-26-28-30-33-36-39-42-45-51(54)57-48-49(47-56-50(53)44-41-38-35-32-21-18-15-12-9-6-3)58-52(55)46-43-40-37-34-31-29-27-25-23-20-17-14-11-8-5-2/h7,10,16-17,19-20,24-27,31,34,49H,4-6,8-9,11-15,18,21-23,28-30,32-33,35-48H2,1-3H3/b10-7-,19-16-,20-17-,26-24-,27-25-,34-31-/t49-/m1/s1. The van der Waals surface area contributed by atoms with E-state index >= 15 is 0 Å². The number of hydrogen-bond donors (Lipinski definition) is 0. The number of carbonyl (C=O) groups is 3. The van der Waals surface area contributed by atoms with Crippen molar-refractivity contribution >= 4 is 17.9 Å². The van der Waals surface area contributed by atoms with Crippen LogP contribution in [0, 0.1) is 0 Å². The smallest absolute Gasteiger partial charge is 0.306 e. The molecule has 6 heteroatoms. The van der Waals surface area contributed by atoms with E-state index in [0.717, 1.165) is 103 Å². The van der Waals surface area contributed by atoms with Crippen LogP contribution in [0.5, 0.6) is 0 Å². The van der Waals surface area contributed by atoms with Crippen LogP contribution in [0.1, 0.15) is 220 Å². The lowest BCUT2D eigenvalue weighted by atomic mass is 10.1. The van der Waals surface area contributed by atoms with Gasteiger partial charge in [0, 0.05) is 19.3 Å². The number of hydrogen-bond acceptors (Lipinski definition) is 6. The Hall–Kier alpha value is -3.15. The van der Waals surface area contributed by atoms with Crippen LogP contribution >= 0.6 is 0 Å². The van der Waals surface area contributed by atoms with Gasteiger partial charge in [-0.1, -0.05) is 184 Å². The van der Waals surface area contributed by atoms with E-state index in [9.17, 15) is 14.4 Å². The molecular weight excluding hydrogens is 721 g/mol. The Morgan fingerprint density at radius 1 is 0.362 bits per heavy atom. The van der Waals surface area contributed by atoms with Gasteiger partial charge in [-0.2, -0.15) is 0 Å². The maximum absolute atomic E-state index is 12.7. The third-order valence-corrected chi connectivity index (χ3v) is 9.95. The summed E-state index contributed by atoms with van der Waals surface area (Å²) in [6.07, 6.45) is 57.4. The van der Waals surface area contributed by atoms with E-state index in [4.69, 9.17) is 14.2 Å². The average molecular weight is 809 g/mol. The van der Waals surface area contributed by atoms with Crippen molar-refractivity contribution in [2.75, 3.05) is 13.2 Å². The van der Waals surface area contributed by atoms with Gasteiger partial charge in [0.05, 0.1) is 0 Å². The van der Waals surface area contributed by atoms with Gasteiger partial charge in [0.15, 0.2) is 6.10 Å². The molecule has 0 aliphatic rings. The maximum atomic E-state index is 12.7. The van der Waals surface area contributed by atoms with Crippen molar-refractivity contribution in [3.8, 4) is 0 Å². The minimum atomic E-state index is -0.799. The first-order valence-electron chi connectivity index (χ1n) is 23.9. The van der Waals surface area contributed by atoms with Crippen molar-refractivity contribution < 1.29 is 28.6 Å². The van der Waals surface area contributed by atoms with Crippen LogP contribution in [-0.4, -0.2) is 37.2 Å². The fraction of sp³-hybridized carbons (Fsp3) is 0.712. The second-order valence-corrected chi connectivity index (χ2v) is 15.6. The highest BCUT2D eigenvalue weighted by Gasteiger charge is 2.19. The highest BCUT2D eigenvalue weighted by Crippen LogP contribution is 2.13. The molecule has 0 fully saturated rings. The normalized spacial score (nSPS) is 12.7. The molecule has 332 valence electrons. The SMILES string of the molecule is CC/C=C\C/C=C\C/C=C\CCCCCCCC(=O)OC[C@@H](COC(=O)CCCCCCCCCCCC)OC(=O)CCCC/C=C\C/C=C\C/C=C\CCCCC. The first kappa shape index (κ1) is 54.9. The first-order valence-corrected chi connectivity index (χ1v) is 23.9. The topological polar surface area (TPSA) is 78.9 Å². The first-order chi connectivity index (χ1) is 28.5. The summed E-state index contributed by atoms with van der Waals surface area (Å²) in [5.41, 5.74) is 0. The highest BCUT2D eigenvalue weighted by molar-refractivity contribution is 5.71. The zero-order chi connectivity index (χ0) is 42.3. The van der Waals surface area contributed by atoms with E-state index in [1.165, 1.54) is 70.6 Å². The van der Waals surface area contributed by atoms with Gasteiger partial charge in [0.1, 0.15) is 13.2 Å². The lowest BCUT2D eigenvalue weighted by Gasteiger charge is -2.18. The number of rotatable bonds is 42. The Balaban J connectivity index is 4.47. The van der Waals surface area contributed by atoms with Crippen molar-refractivity contribution in [2.45, 2.75) is 226 Å². The van der Waals surface area contributed by atoms with Crippen LogP contribution < -0.4 is 0 Å². The van der Waals surface area contributed by atoms with E-state index in [1.807, 2.05) is 0 Å². The van der Waals surface area contributed by atoms with Gasteiger partial charge in [-0.3, -0.25) is 14.4 Å². The van der Waals surface area contributed by atoms with Crippen molar-refractivity contribution in [2.24, 2.45) is 0 Å². The molecule has 0 unspecified atom stereocenters. The summed E-state index contributed by atoms with van der Waals surface area (Å²) in [6, 6.07) is 0. The molecule has 6 nitrogen and oxygen atoms in total. The molecule has 0 heterocycles. The summed E-state index contributed by atoms with van der Waals surface area (Å²) in [5, 5.41) is 0. The van der Waals surface area contributed by atoms with Crippen molar-refractivity contribution in [3.05, 3.63) is 72.9 Å². The van der Waals surface area contributed by atoms with Crippen LogP contribution in [0.15, 0.2) is 72.9 Å². The van der Waals surface area contributed by atoms with Crippen molar-refractivity contribution in [1.82, 2.24) is 0 Å². The third kappa shape index (κ3) is 44.0. The van der Waals surface area contributed by atoms with Crippen LogP contribution in [0.25, 0.3) is 0 Å². The average Bonchev–Trinajstić information content (AvgIpc) is 3.22. The number of esters is 3. The quantitative estimate of drug-likeness (QED) is 0.0264. The minimum absolute atomic E-state index is 0.0957. The molecule has 0 aliphatic carbocycles. The van der Waals surface area contributed by atoms with Gasteiger partial charge in [0.25, 0.3) is 0 Å². The lowest BCUT2D eigenvalue weighted by molar-refractivity contribution is -0.167. The molecule has 0 N–H and O–H groups in total. The Labute approximate surface area is 357 Å². The molecule has 0 saturated heterocycles. The molecule has 0 bridgehead atoms. The fourth-order valence-corrected chi connectivity index (χ4v) is 6.34. The van der Waals surface area contributed by atoms with Crippen LogP contribution in [0.3, 0.4) is 0 Å². The van der Waals surface area contributed by atoms with Gasteiger partial charge in [-0.25, -0.2) is 0 Å². The maximum Gasteiger partial charge on any atom is 0.306 e. The summed E-state index contributed by atoms with van der Waals surface area (Å²) < 4.78 is 16.7. The van der Waals surface area contributed by atoms with E-state index in [-0.39, 0.29) is 37.5 Å². The molecule has 0 aromatic carbocycles. The summed E-state index contributed by atoms with van der Waals surface area (Å²) in [5.74, 6) is -0.956. The Bertz CT molecular complexity index is 1110. The molecule has 0 aromatic rings. The minimum Gasteiger partial charge on any atom is -0.462 e. The molecule has 0 spiro atoms. The molecule has 0 radical (unpaired) electrons. The zero-order valence-electron chi connectivity index (χ0n) is 37.8. The largest absolute Gasteiger partial charge is 0.462 e. The molecule has 0 aromatic heterocycles. The van der Waals surface area contributed by atoms with Gasteiger partial charge < -0.3 is 14.2 Å². The van der Waals surface area contributed by atoms with E-state index in [2.05, 4.69) is 93.7 Å². The van der Waals surface area contributed by atoms with Crippen LogP contribution in [-0.2, 0) is 28.6 Å². The molecule has 1 atom stereocenters. The summed E-state index contributed by atoms with van der Waals surface area (Å²) in [7, 11) is 0. The Morgan fingerprint density at radius 2 is 0.672 bits per heavy atom. The summed E-state index contributed by atoms with van der Waals surface area (Å²) in [4.78, 5) is 37.8. The predicted molar refractivity (Wildman–Crippen MR) is 247 cm³/mol. The molecule has 58 heavy (non-hydrogen) atoms. The van der Waals surface area contributed by atoms with Gasteiger partial charge >= 0.3 is 17.9 Å². The monoisotopic (exact) mass is 809 g/mol. The molecular formula is C52H88O6. The third-order valence-electron chi connectivity index (χ3n) is 9.95. The fourth-order valence-electron chi connectivity index (χ4n) is 6.34. The Kier molecular flexibility index (Phi) is 44.0.